The van der Waals surface area contributed by atoms with Gasteiger partial charge >= 0.3 is 0 Å². The zero-order valence-electron chi connectivity index (χ0n) is 20.3. The van der Waals surface area contributed by atoms with Crippen LogP contribution in [-0.2, 0) is 0 Å². The highest BCUT2D eigenvalue weighted by atomic mass is 32.1. The summed E-state index contributed by atoms with van der Waals surface area (Å²) in [7, 11) is 6.50. The van der Waals surface area contributed by atoms with Crippen LogP contribution in [0.4, 0.5) is 5.69 Å². The van der Waals surface area contributed by atoms with E-state index in [0.29, 0.717) is 35.0 Å². The van der Waals surface area contributed by atoms with Gasteiger partial charge in [-0.05, 0) is 61.1 Å². The molecule has 2 aliphatic carbocycles. The van der Waals surface area contributed by atoms with Gasteiger partial charge in [-0.15, -0.1) is 11.3 Å². The van der Waals surface area contributed by atoms with Crippen LogP contribution in [0, 0.1) is 17.8 Å². The van der Waals surface area contributed by atoms with Crippen LogP contribution in [-0.4, -0.2) is 39.3 Å². The summed E-state index contributed by atoms with van der Waals surface area (Å²) in [4.78, 5) is 5.66. The molecule has 2 bridgehead atoms. The highest BCUT2D eigenvalue weighted by Crippen LogP contribution is 2.43. The van der Waals surface area contributed by atoms with E-state index in [-0.39, 0.29) is 0 Å². The van der Waals surface area contributed by atoms with Gasteiger partial charge in [-0.2, -0.15) is 5.10 Å². The minimum atomic E-state index is 0.444. The van der Waals surface area contributed by atoms with Crippen molar-refractivity contribution in [2.75, 3.05) is 28.4 Å². The molecule has 182 valence electrons. The molecule has 0 saturated heterocycles. The normalized spacial score (nSPS) is 21.1. The van der Waals surface area contributed by atoms with E-state index in [1.807, 2.05) is 41.1 Å². The van der Waals surface area contributed by atoms with E-state index in [1.165, 1.54) is 17.8 Å². The quantitative estimate of drug-likeness (QED) is 0.307. The van der Waals surface area contributed by atoms with Crippen molar-refractivity contribution in [2.24, 2.45) is 27.8 Å². The first-order chi connectivity index (χ1) is 17.1. The van der Waals surface area contributed by atoms with E-state index in [1.54, 1.807) is 28.4 Å². The molecule has 3 unspecified atom stereocenters. The number of fused-ring (bicyclic) bond motifs is 2. The van der Waals surface area contributed by atoms with Crippen molar-refractivity contribution in [1.82, 2.24) is 4.68 Å². The molecule has 0 aliphatic heterocycles. The Balaban J connectivity index is 1.61. The Morgan fingerprint density at radius 1 is 0.914 bits per heavy atom. The molecule has 3 aromatic rings. The minimum absolute atomic E-state index is 0.444. The van der Waals surface area contributed by atoms with Crippen molar-refractivity contribution in [3.8, 4) is 34.3 Å². The summed E-state index contributed by atoms with van der Waals surface area (Å²) in [6.45, 7) is 0. The van der Waals surface area contributed by atoms with E-state index in [0.717, 1.165) is 33.9 Å². The maximum Gasteiger partial charge on any atom is 0.211 e. The maximum absolute atomic E-state index is 5.59. The van der Waals surface area contributed by atoms with Gasteiger partial charge < -0.3 is 18.9 Å². The van der Waals surface area contributed by atoms with Gasteiger partial charge in [-0.1, -0.05) is 12.2 Å². The molecule has 2 aliphatic rings. The lowest BCUT2D eigenvalue weighted by molar-refractivity contribution is 0.324. The molecule has 35 heavy (non-hydrogen) atoms. The molecule has 0 N–H and O–H groups in total. The van der Waals surface area contributed by atoms with E-state index < -0.39 is 0 Å². The molecule has 0 amide bonds. The molecule has 2 aromatic carbocycles. The Hall–Kier alpha value is -3.52. The van der Waals surface area contributed by atoms with Gasteiger partial charge in [-0.25, -0.2) is 9.67 Å². The zero-order chi connectivity index (χ0) is 24.4. The minimum Gasteiger partial charge on any atom is -0.497 e. The molecule has 7 nitrogen and oxygen atoms in total. The van der Waals surface area contributed by atoms with Crippen LogP contribution in [0.3, 0.4) is 0 Å². The average molecular weight is 492 g/mol. The third kappa shape index (κ3) is 4.58. The lowest BCUT2D eigenvalue weighted by Crippen LogP contribution is -2.15. The number of benzene rings is 2. The zero-order valence-corrected chi connectivity index (χ0v) is 21.1. The van der Waals surface area contributed by atoms with Crippen molar-refractivity contribution in [3.63, 3.8) is 0 Å². The molecule has 1 aromatic heterocycles. The summed E-state index contributed by atoms with van der Waals surface area (Å²) in [5.41, 5.74) is 2.63. The fourth-order valence-electron chi connectivity index (χ4n) is 4.83. The van der Waals surface area contributed by atoms with Crippen molar-refractivity contribution >= 4 is 23.2 Å². The van der Waals surface area contributed by atoms with Crippen LogP contribution in [0.2, 0.25) is 0 Å². The number of hydrogen-bond donors (Lipinski definition) is 0. The Kier molecular flexibility index (Phi) is 6.63. The van der Waals surface area contributed by atoms with Crippen LogP contribution in [0.25, 0.3) is 11.3 Å². The van der Waals surface area contributed by atoms with Crippen molar-refractivity contribution < 1.29 is 18.9 Å². The summed E-state index contributed by atoms with van der Waals surface area (Å²) in [6.07, 6.45) is 9.16. The standard InChI is InChI=1S/C27H29N3O4S/c1-31-22-9-7-21(8-10-22)29-27-30(28-15-20-12-17-5-6-18(20)11-17)23(16-35-27)19-13-24(32-2)26(34-4)25(14-19)33-3/h5-10,13-18,20H,11-12H2,1-4H3. The van der Waals surface area contributed by atoms with Crippen molar-refractivity contribution in [2.45, 2.75) is 12.8 Å². The summed E-state index contributed by atoms with van der Waals surface area (Å²) < 4.78 is 23.9. The highest BCUT2D eigenvalue weighted by molar-refractivity contribution is 7.07. The van der Waals surface area contributed by atoms with E-state index >= 15 is 0 Å². The van der Waals surface area contributed by atoms with Gasteiger partial charge in [0, 0.05) is 23.1 Å². The van der Waals surface area contributed by atoms with Crippen LogP contribution in [0.15, 0.2) is 64.0 Å². The van der Waals surface area contributed by atoms with Crippen molar-refractivity contribution in [3.05, 3.63) is 58.7 Å². The molecule has 1 heterocycles. The van der Waals surface area contributed by atoms with Crippen molar-refractivity contribution in [1.29, 1.82) is 0 Å². The Morgan fingerprint density at radius 3 is 2.23 bits per heavy atom. The second kappa shape index (κ2) is 10.00. The SMILES string of the molecule is COc1ccc(N=c2scc(-c3cc(OC)c(OC)c(OC)c3)n2N=CC2CC3C=CC2C3)cc1. The van der Waals surface area contributed by atoms with Gasteiger partial charge in [0.1, 0.15) is 5.75 Å². The Bertz CT molecular complexity index is 1300. The van der Waals surface area contributed by atoms with Crippen LogP contribution in [0.1, 0.15) is 12.8 Å². The van der Waals surface area contributed by atoms with Gasteiger partial charge in [-0.3, -0.25) is 0 Å². The Labute approximate surface area is 209 Å². The van der Waals surface area contributed by atoms with Gasteiger partial charge in [0.25, 0.3) is 0 Å². The van der Waals surface area contributed by atoms with E-state index in [4.69, 9.17) is 29.0 Å². The van der Waals surface area contributed by atoms with Gasteiger partial charge in [0.2, 0.25) is 10.6 Å². The molecule has 8 heteroatoms. The number of nitrogens with zero attached hydrogens (tertiary/aromatic N) is 3. The lowest BCUT2D eigenvalue weighted by Gasteiger charge is -2.15. The van der Waals surface area contributed by atoms with Crippen LogP contribution >= 0.6 is 11.3 Å². The second-order valence-electron chi connectivity index (χ2n) is 8.65. The summed E-state index contributed by atoms with van der Waals surface area (Å²) in [5.74, 6) is 4.24. The third-order valence-corrected chi connectivity index (χ3v) is 7.46. The second-order valence-corrected chi connectivity index (χ2v) is 9.48. The summed E-state index contributed by atoms with van der Waals surface area (Å²) >= 11 is 1.53. The average Bonchev–Trinajstić information content (AvgIpc) is 3.63. The fraction of sp³-hybridized carbons (Fsp3) is 0.333. The molecule has 1 fully saturated rings. The highest BCUT2D eigenvalue weighted by Gasteiger charge is 2.34. The van der Waals surface area contributed by atoms with E-state index in [9.17, 15) is 0 Å². The summed E-state index contributed by atoms with van der Waals surface area (Å²) in [6, 6.07) is 11.6. The molecule has 5 rings (SSSR count). The van der Waals surface area contributed by atoms with Gasteiger partial charge in [0.05, 0.1) is 39.8 Å². The number of ether oxygens (including phenoxy) is 4. The first kappa shape index (κ1) is 23.2. The first-order valence-corrected chi connectivity index (χ1v) is 12.4. The molecule has 3 atom stereocenters. The van der Waals surface area contributed by atoms with Gasteiger partial charge in [0.15, 0.2) is 11.5 Å². The Morgan fingerprint density at radius 2 is 1.66 bits per heavy atom. The molecule has 0 radical (unpaired) electrons. The van der Waals surface area contributed by atoms with Crippen LogP contribution in [0.5, 0.6) is 23.0 Å². The van der Waals surface area contributed by atoms with Crippen LogP contribution < -0.4 is 23.7 Å². The monoisotopic (exact) mass is 491 g/mol. The number of methoxy groups -OCH3 is 4. The maximum atomic E-state index is 5.59. The molecule has 1 saturated carbocycles. The number of aromatic nitrogens is 1. The lowest BCUT2D eigenvalue weighted by atomic mass is 9.95. The number of allylic oxidation sites excluding steroid dienone is 2. The molecular weight excluding hydrogens is 462 g/mol. The van der Waals surface area contributed by atoms with E-state index in [2.05, 4.69) is 23.7 Å². The smallest absolute Gasteiger partial charge is 0.211 e. The number of hydrogen-bond acceptors (Lipinski definition) is 7. The number of rotatable bonds is 8. The summed E-state index contributed by atoms with van der Waals surface area (Å²) in [5, 5.41) is 7.02. The molecular formula is C27H29N3O4S. The number of thiazole rings is 1. The largest absolute Gasteiger partial charge is 0.497 e. The predicted octanol–water partition coefficient (Wildman–Crippen LogP) is 5.53. The first-order valence-electron chi connectivity index (χ1n) is 11.6. The fourth-order valence-corrected chi connectivity index (χ4v) is 5.69. The predicted molar refractivity (Wildman–Crippen MR) is 138 cm³/mol. The topological polar surface area (TPSA) is 66.6 Å². The third-order valence-electron chi connectivity index (χ3n) is 6.65. The molecule has 0 spiro atoms.